The number of unbranched alkanes of at least 4 members (excludes halogenated alkanes) is 10. The summed E-state index contributed by atoms with van der Waals surface area (Å²) in [6.07, 6.45) is 21.1. The van der Waals surface area contributed by atoms with Gasteiger partial charge in [0, 0.05) is 11.8 Å². The fraction of sp³-hybridized carbons (Fsp3) is 0.514. The number of aryl methyl sites for hydroxylation is 3. The van der Waals surface area contributed by atoms with Crippen LogP contribution < -0.4 is 4.74 Å². The summed E-state index contributed by atoms with van der Waals surface area (Å²) >= 11 is 0. The standard InChI is InChI=1S/C35H49NO/c1-3-5-7-9-11-13-15-32-22-27-35(36-29-32)33-23-18-30(19-24-33)16-17-31-20-25-34(26-21-31)37-28-14-12-10-8-6-4-2/h18-27,29H,3-17,28H2,1-2H3. The van der Waals surface area contributed by atoms with E-state index in [0.717, 1.165) is 43.7 Å². The molecule has 2 nitrogen and oxygen atoms in total. The van der Waals surface area contributed by atoms with E-state index in [-0.39, 0.29) is 0 Å². The van der Waals surface area contributed by atoms with E-state index in [0.29, 0.717) is 0 Å². The Morgan fingerprint density at radius 2 is 1.05 bits per heavy atom. The van der Waals surface area contributed by atoms with Crippen molar-refractivity contribution in [2.75, 3.05) is 6.61 Å². The Bertz CT molecular complexity index is 960. The fourth-order valence-electron chi connectivity index (χ4n) is 4.81. The number of hydrogen-bond donors (Lipinski definition) is 0. The fourth-order valence-corrected chi connectivity index (χ4v) is 4.81. The molecule has 0 aliphatic carbocycles. The second kappa shape index (κ2) is 17.8. The smallest absolute Gasteiger partial charge is 0.119 e. The lowest BCUT2D eigenvalue weighted by atomic mass is 10.0. The number of hydrogen-bond acceptors (Lipinski definition) is 2. The van der Waals surface area contributed by atoms with Crippen LogP contribution in [0.4, 0.5) is 0 Å². The lowest BCUT2D eigenvalue weighted by Gasteiger charge is -2.08. The van der Waals surface area contributed by atoms with Gasteiger partial charge in [-0.25, -0.2) is 0 Å². The number of ether oxygens (including phenoxy) is 1. The molecule has 0 aliphatic heterocycles. The number of aromatic nitrogens is 1. The lowest BCUT2D eigenvalue weighted by molar-refractivity contribution is 0.304. The van der Waals surface area contributed by atoms with Crippen molar-refractivity contribution in [1.29, 1.82) is 0 Å². The average molecular weight is 500 g/mol. The summed E-state index contributed by atoms with van der Waals surface area (Å²) in [4.78, 5) is 4.74. The van der Waals surface area contributed by atoms with E-state index in [1.165, 1.54) is 92.9 Å². The highest BCUT2D eigenvalue weighted by atomic mass is 16.5. The highest BCUT2D eigenvalue weighted by Crippen LogP contribution is 2.20. The van der Waals surface area contributed by atoms with Crippen molar-refractivity contribution in [3.8, 4) is 17.0 Å². The molecule has 3 aromatic rings. The number of pyridine rings is 1. The SMILES string of the molecule is CCCCCCCCOc1ccc(CCc2ccc(-c3ccc(CCCCCCCC)cn3)cc2)cc1. The van der Waals surface area contributed by atoms with Gasteiger partial charge in [-0.2, -0.15) is 0 Å². The molecule has 2 aromatic carbocycles. The van der Waals surface area contributed by atoms with Gasteiger partial charge >= 0.3 is 0 Å². The van der Waals surface area contributed by atoms with Crippen LogP contribution in [-0.4, -0.2) is 11.6 Å². The van der Waals surface area contributed by atoms with Crippen LogP contribution in [0.5, 0.6) is 5.75 Å². The minimum atomic E-state index is 0.828. The Morgan fingerprint density at radius 3 is 1.65 bits per heavy atom. The van der Waals surface area contributed by atoms with Crippen LogP contribution >= 0.6 is 0 Å². The Kier molecular flexibility index (Phi) is 13.9. The molecule has 2 heteroatoms. The zero-order chi connectivity index (χ0) is 26.0. The van der Waals surface area contributed by atoms with Gasteiger partial charge < -0.3 is 4.74 Å². The summed E-state index contributed by atoms with van der Waals surface area (Å²) in [5.74, 6) is 0.993. The van der Waals surface area contributed by atoms with Crippen molar-refractivity contribution in [3.63, 3.8) is 0 Å². The van der Waals surface area contributed by atoms with Gasteiger partial charge in [-0.3, -0.25) is 4.98 Å². The van der Waals surface area contributed by atoms with Crippen LogP contribution in [0.2, 0.25) is 0 Å². The van der Waals surface area contributed by atoms with Crippen LogP contribution in [-0.2, 0) is 19.3 Å². The van der Waals surface area contributed by atoms with Gasteiger partial charge in [0.1, 0.15) is 5.75 Å². The summed E-state index contributed by atoms with van der Waals surface area (Å²) in [5, 5.41) is 0. The molecule has 3 rings (SSSR count). The van der Waals surface area contributed by atoms with Crippen molar-refractivity contribution in [3.05, 3.63) is 83.6 Å². The maximum Gasteiger partial charge on any atom is 0.119 e. The quantitative estimate of drug-likeness (QED) is 0.153. The van der Waals surface area contributed by atoms with E-state index in [9.17, 15) is 0 Å². The third kappa shape index (κ3) is 11.5. The molecule has 1 aromatic heterocycles. The van der Waals surface area contributed by atoms with Crippen LogP contribution in [0.1, 0.15) is 108 Å². The third-order valence-corrected chi connectivity index (χ3v) is 7.29. The highest BCUT2D eigenvalue weighted by Gasteiger charge is 2.03. The van der Waals surface area contributed by atoms with Crippen molar-refractivity contribution < 1.29 is 4.74 Å². The predicted octanol–water partition coefficient (Wildman–Crippen LogP) is 10.2. The van der Waals surface area contributed by atoms with Gasteiger partial charge in [-0.15, -0.1) is 0 Å². The first kappa shape index (κ1) is 29.0. The van der Waals surface area contributed by atoms with Gasteiger partial charge in [0.15, 0.2) is 0 Å². The van der Waals surface area contributed by atoms with Crippen molar-refractivity contribution in [2.45, 2.75) is 110 Å². The minimum Gasteiger partial charge on any atom is -0.494 e. The zero-order valence-electron chi connectivity index (χ0n) is 23.5. The van der Waals surface area contributed by atoms with E-state index in [1.807, 2.05) is 0 Å². The zero-order valence-corrected chi connectivity index (χ0v) is 23.5. The number of nitrogens with zero attached hydrogens (tertiary/aromatic N) is 1. The summed E-state index contributed by atoms with van der Waals surface area (Å²) < 4.78 is 5.92. The van der Waals surface area contributed by atoms with Crippen LogP contribution in [0.3, 0.4) is 0 Å². The van der Waals surface area contributed by atoms with E-state index < -0.39 is 0 Å². The normalized spacial score (nSPS) is 11.1. The van der Waals surface area contributed by atoms with Crippen LogP contribution in [0.15, 0.2) is 66.9 Å². The first-order chi connectivity index (χ1) is 18.3. The molecule has 0 aliphatic rings. The van der Waals surface area contributed by atoms with E-state index in [2.05, 4.69) is 80.7 Å². The Morgan fingerprint density at radius 1 is 0.514 bits per heavy atom. The van der Waals surface area contributed by atoms with Crippen molar-refractivity contribution in [2.24, 2.45) is 0 Å². The summed E-state index contributed by atoms with van der Waals surface area (Å²) in [6, 6.07) is 22.0. The molecule has 0 atom stereocenters. The molecule has 0 unspecified atom stereocenters. The average Bonchev–Trinajstić information content (AvgIpc) is 2.94. The first-order valence-electron chi connectivity index (χ1n) is 15.0. The Balaban J connectivity index is 1.36. The molecule has 0 radical (unpaired) electrons. The van der Waals surface area contributed by atoms with Gasteiger partial charge in [0.25, 0.3) is 0 Å². The second-order valence-corrected chi connectivity index (χ2v) is 10.5. The van der Waals surface area contributed by atoms with Gasteiger partial charge in [-0.05, 0) is 67.0 Å². The van der Waals surface area contributed by atoms with Crippen LogP contribution in [0.25, 0.3) is 11.3 Å². The highest BCUT2D eigenvalue weighted by molar-refractivity contribution is 5.59. The summed E-state index contributed by atoms with van der Waals surface area (Å²) in [7, 11) is 0. The number of benzene rings is 2. The van der Waals surface area contributed by atoms with Crippen LogP contribution in [0, 0.1) is 0 Å². The maximum atomic E-state index is 5.92. The van der Waals surface area contributed by atoms with E-state index in [1.54, 1.807) is 0 Å². The molecule has 200 valence electrons. The van der Waals surface area contributed by atoms with Gasteiger partial charge in [0.2, 0.25) is 0 Å². The molecular formula is C35H49NO. The second-order valence-electron chi connectivity index (χ2n) is 10.5. The molecule has 0 N–H and O–H groups in total. The molecule has 0 bridgehead atoms. The molecule has 37 heavy (non-hydrogen) atoms. The lowest BCUT2D eigenvalue weighted by Crippen LogP contribution is -1.98. The van der Waals surface area contributed by atoms with Gasteiger partial charge in [0.05, 0.1) is 12.3 Å². The molecule has 0 spiro atoms. The maximum absolute atomic E-state index is 5.92. The largest absolute Gasteiger partial charge is 0.494 e. The van der Waals surface area contributed by atoms with E-state index in [4.69, 9.17) is 9.72 Å². The molecule has 0 fully saturated rings. The third-order valence-electron chi connectivity index (χ3n) is 7.29. The topological polar surface area (TPSA) is 22.1 Å². The molecule has 0 saturated carbocycles. The minimum absolute atomic E-state index is 0.828. The summed E-state index contributed by atoms with van der Waals surface area (Å²) in [6.45, 7) is 5.36. The van der Waals surface area contributed by atoms with Crippen molar-refractivity contribution >= 4 is 0 Å². The molecule has 1 heterocycles. The Labute approximate surface area is 226 Å². The molecule has 0 saturated heterocycles. The summed E-state index contributed by atoms with van der Waals surface area (Å²) in [5.41, 5.74) is 6.34. The van der Waals surface area contributed by atoms with Crippen molar-refractivity contribution in [1.82, 2.24) is 4.98 Å². The Hall–Kier alpha value is -2.61. The predicted molar refractivity (Wildman–Crippen MR) is 159 cm³/mol. The molecular weight excluding hydrogens is 450 g/mol. The van der Waals surface area contributed by atoms with Gasteiger partial charge in [-0.1, -0.05) is 121 Å². The monoisotopic (exact) mass is 499 g/mol. The molecule has 0 amide bonds. The number of rotatable bonds is 19. The first-order valence-corrected chi connectivity index (χ1v) is 15.0. The van der Waals surface area contributed by atoms with E-state index >= 15 is 0 Å².